The van der Waals surface area contributed by atoms with Crippen molar-refractivity contribution in [2.24, 2.45) is 0 Å². The van der Waals surface area contributed by atoms with Crippen molar-refractivity contribution in [3.63, 3.8) is 0 Å². The topological polar surface area (TPSA) is 50.3 Å². The number of anilines is 1. The summed E-state index contributed by atoms with van der Waals surface area (Å²) in [6.45, 7) is 6.36. The lowest BCUT2D eigenvalue weighted by molar-refractivity contribution is 0.0980. The number of fused-ring (bicyclic) bond motifs is 1. The molecule has 25 heavy (non-hydrogen) atoms. The van der Waals surface area contributed by atoms with Gasteiger partial charge in [-0.15, -0.1) is 0 Å². The number of hydrogen-bond donors (Lipinski definition) is 1. The smallest absolute Gasteiger partial charge is 0.226 e. The molecule has 5 nitrogen and oxygen atoms in total. The van der Waals surface area contributed by atoms with E-state index in [0.717, 1.165) is 67.9 Å². The average molecular weight is 359 g/mol. The highest BCUT2D eigenvalue weighted by molar-refractivity contribution is 6.30. The van der Waals surface area contributed by atoms with Crippen LogP contribution in [0.1, 0.15) is 18.2 Å². The Labute approximate surface area is 153 Å². The zero-order valence-corrected chi connectivity index (χ0v) is 15.2. The molecule has 2 aromatic rings. The van der Waals surface area contributed by atoms with Crippen LogP contribution < -0.4 is 10.2 Å². The number of hydrogen-bond acceptors (Lipinski definition) is 5. The molecule has 0 amide bonds. The minimum absolute atomic E-state index is 0.286. The highest BCUT2D eigenvalue weighted by atomic mass is 35.5. The van der Waals surface area contributed by atoms with Crippen LogP contribution in [0.5, 0.6) is 0 Å². The minimum atomic E-state index is 0.286. The van der Waals surface area contributed by atoms with E-state index in [2.05, 4.69) is 29.3 Å². The summed E-state index contributed by atoms with van der Waals surface area (Å²) < 4.78 is 5.57. The average Bonchev–Trinajstić information content (AvgIpc) is 2.87. The molecular weight excluding hydrogens is 336 g/mol. The second-order valence-corrected chi connectivity index (χ2v) is 7.11. The molecule has 2 aliphatic rings. The number of halogens is 1. The van der Waals surface area contributed by atoms with Gasteiger partial charge in [-0.2, -0.15) is 0 Å². The van der Waals surface area contributed by atoms with Gasteiger partial charge in [0.2, 0.25) is 5.95 Å². The second-order valence-electron chi connectivity index (χ2n) is 6.67. The van der Waals surface area contributed by atoms with E-state index < -0.39 is 0 Å². The van der Waals surface area contributed by atoms with E-state index in [0.29, 0.717) is 0 Å². The Morgan fingerprint density at radius 3 is 2.76 bits per heavy atom. The van der Waals surface area contributed by atoms with Gasteiger partial charge in [0.05, 0.1) is 30.6 Å². The van der Waals surface area contributed by atoms with Crippen molar-refractivity contribution in [3.8, 4) is 11.3 Å². The Bertz CT molecular complexity index is 750. The molecule has 1 unspecified atom stereocenters. The summed E-state index contributed by atoms with van der Waals surface area (Å²) in [4.78, 5) is 12.2. The molecule has 4 rings (SSSR count). The van der Waals surface area contributed by atoms with Crippen LogP contribution in [0.4, 0.5) is 5.95 Å². The molecule has 0 bridgehead atoms. The highest BCUT2D eigenvalue weighted by Crippen LogP contribution is 2.29. The van der Waals surface area contributed by atoms with Gasteiger partial charge in [-0.25, -0.2) is 9.97 Å². The van der Waals surface area contributed by atoms with E-state index in [1.807, 2.05) is 12.1 Å². The van der Waals surface area contributed by atoms with Gasteiger partial charge in [-0.3, -0.25) is 0 Å². The van der Waals surface area contributed by atoms with Gasteiger partial charge in [-0.05, 0) is 32.0 Å². The molecule has 0 spiro atoms. The fourth-order valence-electron chi connectivity index (χ4n) is 3.53. The molecule has 0 aliphatic carbocycles. The summed E-state index contributed by atoms with van der Waals surface area (Å²) in [5.74, 6) is 0.821. The molecule has 1 aromatic heterocycles. The number of nitrogens with zero attached hydrogens (tertiary/aromatic N) is 3. The van der Waals surface area contributed by atoms with E-state index in [-0.39, 0.29) is 6.04 Å². The van der Waals surface area contributed by atoms with Crippen LogP contribution in [0, 0.1) is 0 Å². The maximum atomic E-state index is 6.08. The predicted molar refractivity (Wildman–Crippen MR) is 100 cm³/mol. The van der Waals surface area contributed by atoms with E-state index in [4.69, 9.17) is 26.3 Å². The van der Waals surface area contributed by atoms with Crippen LogP contribution in [0.25, 0.3) is 11.3 Å². The molecule has 1 atom stereocenters. The molecule has 1 aromatic carbocycles. The van der Waals surface area contributed by atoms with Crippen LogP contribution in [0.2, 0.25) is 5.02 Å². The third-order valence-corrected chi connectivity index (χ3v) is 5.17. The Morgan fingerprint density at radius 1 is 1.16 bits per heavy atom. The van der Waals surface area contributed by atoms with Gasteiger partial charge < -0.3 is 15.0 Å². The number of ether oxygens (including phenoxy) is 1. The number of aromatic nitrogens is 2. The molecule has 1 saturated heterocycles. The first-order chi connectivity index (χ1) is 12.2. The quantitative estimate of drug-likeness (QED) is 0.894. The second kappa shape index (κ2) is 7.28. The maximum absolute atomic E-state index is 6.08. The summed E-state index contributed by atoms with van der Waals surface area (Å²) >= 11 is 6.08. The summed E-state index contributed by atoms with van der Waals surface area (Å²) in [5, 5.41) is 4.21. The van der Waals surface area contributed by atoms with Gasteiger partial charge in [0.25, 0.3) is 0 Å². The van der Waals surface area contributed by atoms with E-state index in [1.54, 1.807) is 0 Å². The monoisotopic (exact) mass is 358 g/mol. The Balaban J connectivity index is 1.82. The fraction of sp³-hybridized carbons (Fsp3) is 0.474. The normalized spacial score (nSPS) is 20.9. The standard InChI is InChI=1S/C19H23ClN4O/c1-13-12-25-11-10-24(13)19-22-17-7-9-21-8-6-16(17)18(23-19)14-2-4-15(20)5-3-14/h2-5,13,21H,6-12H2,1H3. The minimum Gasteiger partial charge on any atom is -0.377 e. The van der Waals surface area contributed by atoms with Crippen molar-refractivity contribution in [2.75, 3.05) is 37.7 Å². The van der Waals surface area contributed by atoms with Crippen molar-refractivity contribution in [2.45, 2.75) is 25.8 Å². The molecule has 0 radical (unpaired) electrons. The third kappa shape index (κ3) is 3.50. The van der Waals surface area contributed by atoms with Gasteiger partial charge in [0, 0.05) is 35.7 Å². The molecule has 1 fully saturated rings. The van der Waals surface area contributed by atoms with Gasteiger partial charge >= 0.3 is 0 Å². The van der Waals surface area contributed by atoms with Crippen molar-refractivity contribution < 1.29 is 4.74 Å². The van der Waals surface area contributed by atoms with Crippen molar-refractivity contribution >= 4 is 17.5 Å². The first kappa shape index (κ1) is 16.8. The van der Waals surface area contributed by atoms with Crippen molar-refractivity contribution in [3.05, 3.63) is 40.5 Å². The number of rotatable bonds is 2. The lowest BCUT2D eigenvalue weighted by atomic mass is 10.0. The molecule has 1 N–H and O–H groups in total. The largest absolute Gasteiger partial charge is 0.377 e. The summed E-state index contributed by atoms with van der Waals surface area (Å²) in [7, 11) is 0. The lowest BCUT2D eigenvalue weighted by Gasteiger charge is -2.34. The van der Waals surface area contributed by atoms with Crippen LogP contribution in [-0.2, 0) is 17.6 Å². The Morgan fingerprint density at radius 2 is 1.96 bits per heavy atom. The molecule has 2 aliphatic heterocycles. The maximum Gasteiger partial charge on any atom is 0.226 e. The van der Waals surface area contributed by atoms with Crippen LogP contribution in [0.15, 0.2) is 24.3 Å². The number of benzene rings is 1. The zero-order valence-electron chi connectivity index (χ0n) is 14.5. The highest BCUT2D eigenvalue weighted by Gasteiger charge is 2.25. The zero-order chi connectivity index (χ0) is 17.2. The van der Waals surface area contributed by atoms with Crippen molar-refractivity contribution in [1.29, 1.82) is 0 Å². The Hall–Kier alpha value is -1.69. The first-order valence-electron chi connectivity index (χ1n) is 8.93. The van der Waals surface area contributed by atoms with Gasteiger partial charge in [0.15, 0.2) is 0 Å². The molecule has 0 saturated carbocycles. The lowest BCUT2D eigenvalue weighted by Crippen LogP contribution is -2.44. The van der Waals surface area contributed by atoms with Gasteiger partial charge in [0.1, 0.15) is 0 Å². The number of morpholine rings is 1. The van der Waals surface area contributed by atoms with E-state index in [1.165, 1.54) is 11.3 Å². The molecule has 6 heteroatoms. The predicted octanol–water partition coefficient (Wildman–Crippen LogP) is 2.71. The van der Waals surface area contributed by atoms with Crippen molar-refractivity contribution in [1.82, 2.24) is 15.3 Å². The molecular formula is C19H23ClN4O. The van der Waals surface area contributed by atoms with E-state index >= 15 is 0 Å². The fourth-order valence-corrected chi connectivity index (χ4v) is 3.66. The van der Waals surface area contributed by atoms with Gasteiger partial charge in [-0.1, -0.05) is 23.7 Å². The summed E-state index contributed by atoms with van der Waals surface area (Å²) in [5.41, 5.74) is 4.57. The van der Waals surface area contributed by atoms with Crippen LogP contribution >= 0.6 is 11.6 Å². The summed E-state index contributed by atoms with van der Waals surface area (Å²) in [6, 6.07) is 8.24. The third-order valence-electron chi connectivity index (χ3n) is 4.91. The van der Waals surface area contributed by atoms with E-state index in [9.17, 15) is 0 Å². The van der Waals surface area contributed by atoms with Crippen LogP contribution in [0.3, 0.4) is 0 Å². The molecule has 3 heterocycles. The Kier molecular flexibility index (Phi) is 4.88. The molecule has 132 valence electrons. The van der Waals surface area contributed by atoms with Crippen LogP contribution in [-0.4, -0.2) is 48.9 Å². The number of nitrogens with one attached hydrogen (secondary N) is 1. The SMILES string of the molecule is CC1COCCN1c1nc2c(c(-c3ccc(Cl)cc3)n1)CCNCC2. The first-order valence-corrected chi connectivity index (χ1v) is 9.31. The summed E-state index contributed by atoms with van der Waals surface area (Å²) in [6.07, 6.45) is 1.89.